The van der Waals surface area contributed by atoms with E-state index in [0.29, 0.717) is 0 Å². The van der Waals surface area contributed by atoms with E-state index in [0.717, 1.165) is 6.07 Å². The molecule has 0 aliphatic rings. The lowest BCUT2D eigenvalue weighted by Crippen LogP contribution is -2.34. The van der Waals surface area contributed by atoms with E-state index in [1.165, 1.54) is 12.1 Å². The van der Waals surface area contributed by atoms with Gasteiger partial charge in [-0.1, -0.05) is 0 Å². The molecule has 112 valence electrons. The third-order valence-corrected chi connectivity index (χ3v) is 4.40. The zero-order chi connectivity index (χ0) is 15.3. The maximum absolute atomic E-state index is 13.3. The van der Waals surface area contributed by atoms with Crippen molar-refractivity contribution in [1.29, 1.82) is 0 Å². The van der Waals surface area contributed by atoms with Gasteiger partial charge in [-0.25, -0.2) is 17.5 Å². The summed E-state index contributed by atoms with van der Waals surface area (Å²) in [5, 5.41) is 2.65. The van der Waals surface area contributed by atoms with Crippen molar-refractivity contribution >= 4 is 31.9 Å². The average molecular weight is 367 g/mol. The van der Waals surface area contributed by atoms with E-state index in [1.54, 1.807) is 0 Å². The van der Waals surface area contributed by atoms with Crippen molar-refractivity contribution in [2.45, 2.75) is 31.2 Å². The van der Waals surface area contributed by atoms with Crippen LogP contribution in [0, 0.1) is 5.82 Å². The Kier molecular flexibility index (Phi) is 6.09. The van der Waals surface area contributed by atoms with Gasteiger partial charge in [0.1, 0.15) is 5.82 Å². The van der Waals surface area contributed by atoms with Gasteiger partial charge in [0.25, 0.3) is 0 Å². The number of sulfonamides is 1. The second-order valence-electron chi connectivity index (χ2n) is 4.45. The lowest BCUT2D eigenvalue weighted by atomic mass is 10.3. The van der Waals surface area contributed by atoms with Crippen LogP contribution in [0.1, 0.15) is 20.3 Å². The maximum atomic E-state index is 13.3. The van der Waals surface area contributed by atoms with Crippen molar-refractivity contribution in [1.82, 2.24) is 10.0 Å². The van der Waals surface area contributed by atoms with Gasteiger partial charge in [0.2, 0.25) is 15.9 Å². The fourth-order valence-electron chi connectivity index (χ4n) is 1.42. The quantitative estimate of drug-likeness (QED) is 0.805. The van der Waals surface area contributed by atoms with Gasteiger partial charge in [-0.15, -0.1) is 0 Å². The number of rotatable bonds is 6. The minimum atomic E-state index is -3.81. The van der Waals surface area contributed by atoms with Gasteiger partial charge in [0, 0.05) is 19.0 Å². The Morgan fingerprint density at radius 3 is 2.60 bits per heavy atom. The van der Waals surface area contributed by atoms with Crippen LogP contribution >= 0.6 is 15.9 Å². The first kappa shape index (κ1) is 17.1. The molecule has 8 heteroatoms. The van der Waals surface area contributed by atoms with Gasteiger partial charge < -0.3 is 5.32 Å². The third kappa shape index (κ3) is 5.18. The lowest BCUT2D eigenvalue weighted by molar-refractivity contribution is -0.121. The predicted molar refractivity (Wildman–Crippen MR) is 77.2 cm³/mol. The molecule has 0 atom stereocenters. The second-order valence-corrected chi connectivity index (χ2v) is 7.07. The highest BCUT2D eigenvalue weighted by molar-refractivity contribution is 9.10. The molecule has 0 heterocycles. The zero-order valence-corrected chi connectivity index (χ0v) is 13.5. The molecule has 0 aromatic heterocycles. The fraction of sp³-hybridized carbons (Fsp3) is 0.417. The molecule has 0 aliphatic heterocycles. The summed E-state index contributed by atoms with van der Waals surface area (Å²) < 4.78 is 39.5. The molecule has 0 bridgehead atoms. The molecule has 1 aromatic carbocycles. The fourth-order valence-corrected chi connectivity index (χ4v) is 2.71. The molecule has 0 fully saturated rings. The molecule has 0 spiro atoms. The van der Waals surface area contributed by atoms with Gasteiger partial charge in [-0.2, -0.15) is 0 Å². The summed E-state index contributed by atoms with van der Waals surface area (Å²) in [6.07, 6.45) is 0.0242. The molecule has 0 saturated carbocycles. The van der Waals surface area contributed by atoms with Crippen LogP contribution in [0.25, 0.3) is 0 Å². The standard InChI is InChI=1S/C12H16BrFN2O3S/c1-8(2)16-12(17)5-6-15-20(18,19)9-3-4-10(13)11(14)7-9/h3-4,7-8,15H,5-6H2,1-2H3,(H,16,17). The zero-order valence-electron chi connectivity index (χ0n) is 11.1. The third-order valence-electron chi connectivity index (χ3n) is 2.30. The number of benzene rings is 1. The van der Waals surface area contributed by atoms with Crippen LogP contribution in [-0.4, -0.2) is 26.9 Å². The first-order chi connectivity index (χ1) is 9.22. The van der Waals surface area contributed by atoms with E-state index >= 15 is 0 Å². The van der Waals surface area contributed by atoms with E-state index in [9.17, 15) is 17.6 Å². The van der Waals surface area contributed by atoms with Crippen molar-refractivity contribution < 1.29 is 17.6 Å². The number of halogens is 2. The van der Waals surface area contributed by atoms with Crippen LogP contribution in [-0.2, 0) is 14.8 Å². The molecule has 0 saturated heterocycles. The predicted octanol–water partition coefficient (Wildman–Crippen LogP) is 1.78. The first-order valence-electron chi connectivity index (χ1n) is 5.96. The number of hydrogen-bond donors (Lipinski definition) is 2. The Labute approximate surface area is 126 Å². The monoisotopic (exact) mass is 366 g/mol. The van der Waals surface area contributed by atoms with E-state index in [4.69, 9.17) is 0 Å². The number of nitrogens with one attached hydrogen (secondary N) is 2. The van der Waals surface area contributed by atoms with Crippen LogP contribution in [0.2, 0.25) is 0 Å². The molecule has 0 aliphatic carbocycles. The number of carbonyl (C=O) groups excluding carboxylic acids is 1. The van der Waals surface area contributed by atoms with E-state index in [2.05, 4.69) is 26.0 Å². The molecule has 0 unspecified atom stereocenters. The molecular weight excluding hydrogens is 351 g/mol. The van der Waals surface area contributed by atoms with E-state index in [-0.39, 0.29) is 34.3 Å². The van der Waals surface area contributed by atoms with Gasteiger partial charge >= 0.3 is 0 Å². The van der Waals surface area contributed by atoms with Crippen LogP contribution in [0.4, 0.5) is 4.39 Å². The van der Waals surface area contributed by atoms with Gasteiger partial charge in [0.05, 0.1) is 9.37 Å². The number of carbonyl (C=O) groups is 1. The Balaban J connectivity index is 2.62. The van der Waals surface area contributed by atoms with Crippen molar-refractivity contribution in [3.8, 4) is 0 Å². The molecule has 5 nitrogen and oxygen atoms in total. The summed E-state index contributed by atoms with van der Waals surface area (Å²) in [4.78, 5) is 11.2. The summed E-state index contributed by atoms with van der Waals surface area (Å²) in [6.45, 7) is 3.58. The SMILES string of the molecule is CC(C)NC(=O)CCNS(=O)(=O)c1ccc(Br)c(F)c1. The smallest absolute Gasteiger partial charge is 0.240 e. The van der Waals surface area contributed by atoms with Crippen molar-refractivity contribution in [2.24, 2.45) is 0 Å². The van der Waals surface area contributed by atoms with Gasteiger partial charge in [-0.3, -0.25) is 4.79 Å². The number of amides is 1. The highest BCUT2D eigenvalue weighted by Gasteiger charge is 2.16. The van der Waals surface area contributed by atoms with Crippen LogP contribution in [0.3, 0.4) is 0 Å². The largest absolute Gasteiger partial charge is 0.354 e. The Morgan fingerprint density at radius 2 is 2.05 bits per heavy atom. The minimum Gasteiger partial charge on any atom is -0.354 e. The molecule has 1 amide bonds. The summed E-state index contributed by atoms with van der Waals surface area (Å²) in [7, 11) is -3.81. The molecule has 1 rings (SSSR count). The Bertz CT molecular complexity index is 590. The van der Waals surface area contributed by atoms with Crippen molar-refractivity contribution in [3.05, 3.63) is 28.5 Å². The summed E-state index contributed by atoms with van der Waals surface area (Å²) >= 11 is 2.95. The highest BCUT2D eigenvalue weighted by Crippen LogP contribution is 2.19. The number of hydrogen-bond acceptors (Lipinski definition) is 3. The molecular formula is C12H16BrFN2O3S. The molecule has 0 radical (unpaired) electrons. The summed E-state index contributed by atoms with van der Waals surface area (Å²) in [6, 6.07) is 3.51. The maximum Gasteiger partial charge on any atom is 0.240 e. The van der Waals surface area contributed by atoms with Crippen molar-refractivity contribution in [2.75, 3.05) is 6.54 Å². The normalized spacial score (nSPS) is 11.7. The molecule has 20 heavy (non-hydrogen) atoms. The van der Waals surface area contributed by atoms with Crippen LogP contribution in [0.5, 0.6) is 0 Å². The minimum absolute atomic E-state index is 0.000299. The molecule has 1 aromatic rings. The topological polar surface area (TPSA) is 75.3 Å². The lowest BCUT2D eigenvalue weighted by Gasteiger charge is -2.09. The van der Waals surface area contributed by atoms with E-state index < -0.39 is 15.8 Å². The average Bonchev–Trinajstić information content (AvgIpc) is 2.31. The summed E-state index contributed by atoms with van der Waals surface area (Å²) in [5.41, 5.74) is 0. The Hall–Kier alpha value is -0.990. The van der Waals surface area contributed by atoms with E-state index in [1.807, 2.05) is 13.8 Å². The van der Waals surface area contributed by atoms with Crippen LogP contribution in [0.15, 0.2) is 27.6 Å². The summed E-state index contributed by atoms with van der Waals surface area (Å²) in [5.74, 6) is -0.907. The van der Waals surface area contributed by atoms with Gasteiger partial charge in [0.15, 0.2) is 0 Å². The van der Waals surface area contributed by atoms with Crippen molar-refractivity contribution in [3.63, 3.8) is 0 Å². The molecule has 2 N–H and O–H groups in total. The highest BCUT2D eigenvalue weighted by atomic mass is 79.9. The Morgan fingerprint density at radius 1 is 1.40 bits per heavy atom. The first-order valence-corrected chi connectivity index (χ1v) is 8.24. The van der Waals surface area contributed by atoms with Gasteiger partial charge in [-0.05, 0) is 48.0 Å². The second kappa shape index (κ2) is 7.14. The van der Waals surface area contributed by atoms with Crippen LogP contribution < -0.4 is 10.0 Å².